The topological polar surface area (TPSA) is 161 Å². The molecule has 1 aliphatic carbocycles. The summed E-state index contributed by atoms with van der Waals surface area (Å²) in [7, 11) is 0. The van der Waals surface area contributed by atoms with E-state index in [0.717, 1.165) is 33.4 Å². The van der Waals surface area contributed by atoms with Crippen LogP contribution in [-0.4, -0.2) is 77.8 Å². The molecule has 12 nitrogen and oxygen atoms in total. The third-order valence-corrected chi connectivity index (χ3v) is 10.9. The van der Waals surface area contributed by atoms with Crippen molar-refractivity contribution in [3.05, 3.63) is 156 Å². The molecular weight excluding hydrogens is 763 g/mol. The smallest absolute Gasteiger partial charge is 0.407 e. The molecule has 1 heterocycles. The molecule has 0 fully saturated rings. The van der Waals surface area contributed by atoms with E-state index in [1.807, 2.05) is 78.9 Å². The molecule has 312 valence electrons. The summed E-state index contributed by atoms with van der Waals surface area (Å²) in [4.78, 5) is 69.5. The zero-order valence-corrected chi connectivity index (χ0v) is 33.5. The Labute approximate surface area is 350 Å². The van der Waals surface area contributed by atoms with Gasteiger partial charge < -0.3 is 34.9 Å². The summed E-state index contributed by atoms with van der Waals surface area (Å²) in [5.41, 5.74) is 6.92. The lowest BCUT2D eigenvalue weighted by atomic mass is 9.92. The number of nitrogens with one attached hydrogen (secondary N) is 2. The van der Waals surface area contributed by atoms with Gasteiger partial charge in [0.15, 0.2) is 6.04 Å². The van der Waals surface area contributed by atoms with Crippen LogP contribution in [0, 0.1) is 5.92 Å². The second-order valence-corrected chi connectivity index (χ2v) is 14.9. The Morgan fingerprint density at radius 1 is 0.750 bits per heavy atom. The molecule has 1 aliphatic heterocycles. The van der Waals surface area contributed by atoms with Gasteiger partial charge in [0.25, 0.3) is 0 Å². The quantitative estimate of drug-likeness (QED) is 0.0573. The first kappa shape index (κ1) is 43.1. The average molecular weight is 814 g/mol. The molecule has 12 heteroatoms. The Morgan fingerprint density at radius 3 is 2.05 bits per heavy atom. The molecule has 4 atom stereocenters. The Bertz CT molecular complexity index is 2130. The number of rotatable bonds is 19. The van der Waals surface area contributed by atoms with Gasteiger partial charge in [-0.1, -0.05) is 115 Å². The van der Waals surface area contributed by atoms with Crippen LogP contribution >= 0.6 is 0 Å². The number of benzene rings is 4. The number of alkyl carbamates (subject to hydrolysis) is 1. The highest BCUT2D eigenvalue weighted by Gasteiger charge is 2.35. The molecule has 0 saturated heterocycles. The van der Waals surface area contributed by atoms with E-state index in [9.17, 15) is 29.1 Å². The second kappa shape index (κ2) is 20.9. The maximum Gasteiger partial charge on any atom is 0.407 e. The molecule has 2 aliphatic rings. The van der Waals surface area contributed by atoms with Crippen molar-refractivity contribution in [1.82, 2.24) is 15.5 Å². The maximum absolute atomic E-state index is 13.9. The molecule has 6 rings (SSSR count). The molecule has 3 N–H and O–H groups in total. The van der Waals surface area contributed by atoms with Crippen molar-refractivity contribution in [3.63, 3.8) is 0 Å². The highest BCUT2D eigenvalue weighted by molar-refractivity contribution is 5.90. The molecule has 60 heavy (non-hydrogen) atoms. The molecule has 4 aromatic rings. The summed E-state index contributed by atoms with van der Waals surface area (Å²) in [5, 5.41) is 15.4. The molecule has 3 amide bonds. The van der Waals surface area contributed by atoms with E-state index in [1.54, 1.807) is 35.2 Å². The average Bonchev–Trinajstić information content (AvgIpc) is 3.60. The number of hydrogen-bond donors (Lipinski definition) is 3. The third-order valence-electron chi connectivity index (χ3n) is 10.9. The highest BCUT2D eigenvalue weighted by atomic mass is 16.6. The number of ether oxygens (including phenoxy) is 3. The number of esters is 2. The first-order valence-electron chi connectivity index (χ1n) is 20.2. The molecule has 4 aromatic carbocycles. The molecule has 0 radical (unpaired) electrons. The van der Waals surface area contributed by atoms with Crippen molar-refractivity contribution in [2.45, 2.75) is 69.3 Å². The van der Waals surface area contributed by atoms with Crippen LogP contribution in [-0.2, 0) is 53.0 Å². The summed E-state index contributed by atoms with van der Waals surface area (Å²) in [6.07, 6.45) is 3.10. The molecule has 0 spiro atoms. The zero-order valence-electron chi connectivity index (χ0n) is 33.5. The van der Waals surface area contributed by atoms with Crippen molar-refractivity contribution >= 4 is 29.8 Å². The van der Waals surface area contributed by atoms with Gasteiger partial charge in [0, 0.05) is 18.9 Å². The molecule has 0 aromatic heterocycles. The monoisotopic (exact) mass is 813 g/mol. The van der Waals surface area contributed by atoms with Gasteiger partial charge in [0.05, 0.1) is 18.6 Å². The number of nitrogens with zero attached hydrogens (tertiary/aromatic N) is 1. The largest absolute Gasteiger partial charge is 0.461 e. The molecule has 4 unspecified atom stereocenters. The van der Waals surface area contributed by atoms with E-state index in [4.69, 9.17) is 14.2 Å². The Hall–Kier alpha value is -6.53. The van der Waals surface area contributed by atoms with Gasteiger partial charge in [0.1, 0.15) is 25.9 Å². The van der Waals surface area contributed by atoms with Crippen LogP contribution in [0.5, 0.6) is 0 Å². The molecule has 0 saturated carbocycles. The number of amides is 3. The minimum atomic E-state index is -1.46. The van der Waals surface area contributed by atoms with Crippen molar-refractivity contribution in [2.24, 2.45) is 5.92 Å². The number of aliphatic hydroxyl groups excluding tert-OH is 1. The van der Waals surface area contributed by atoms with Crippen LogP contribution in [0.1, 0.15) is 59.4 Å². The fourth-order valence-electron chi connectivity index (χ4n) is 7.72. The van der Waals surface area contributed by atoms with Crippen LogP contribution in [0.2, 0.25) is 0 Å². The number of allylic oxidation sites excluding steroid dienone is 2. The van der Waals surface area contributed by atoms with Gasteiger partial charge in [0.2, 0.25) is 11.8 Å². The van der Waals surface area contributed by atoms with E-state index in [-0.39, 0.29) is 57.5 Å². The maximum atomic E-state index is 13.9. The minimum Gasteiger partial charge on any atom is -0.461 e. The highest BCUT2D eigenvalue weighted by Crippen LogP contribution is 2.44. The van der Waals surface area contributed by atoms with Crippen LogP contribution in [0.15, 0.2) is 128 Å². The van der Waals surface area contributed by atoms with Gasteiger partial charge in [-0.25, -0.2) is 14.4 Å². The Kier molecular flexibility index (Phi) is 15.0. The fraction of sp³-hybridized carbons (Fsp3) is 0.312. The van der Waals surface area contributed by atoms with Gasteiger partial charge in [-0.3, -0.25) is 9.59 Å². The standard InChI is InChI=1S/C48H51N3O9/c1-3-5-24-42(50-48(57)60-30-41-39-22-13-11-20-37(39)38-21-12-14-23-40(38)41)46(55)59-31-43(47(56)58-29-32-16-7-6-8-17-32)49-45(54)34(15-4-2)26-44(53)51-27-35-19-10-9-18-33(35)25-36(51)28-52/h3-4,6-14,16-23,34,36,41-43,52H,1-2,5,15,24-31H2,(H,49,54)(H,50,57). The summed E-state index contributed by atoms with van der Waals surface area (Å²) in [5.74, 6) is -3.87. The summed E-state index contributed by atoms with van der Waals surface area (Å²) < 4.78 is 16.8. The number of fused-ring (bicyclic) bond motifs is 4. The first-order chi connectivity index (χ1) is 29.2. The van der Waals surface area contributed by atoms with Crippen molar-refractivity contribution in [3.8, 4) is 11.1 Å². The lowest BCUT2D eigenvalue weighted by molar-refractivity contribution is -0.156. The van der Waals surface area contributed by atoms with E-state index in [1.165, 1.54) is 6.08 Å². The summed E-state index contributed by atoms with van der Waals surface area (Å²) in [6.45, 7) is 6.82. The van der Waals surface area contributed by atoms with Crippen molar-refractivity contribution in [1.29, 1.82) is 0 Å². The second-order valence-electron chi connectivity index (χ2n) is 14.9. The first-order valence-corrected chi connectivity index (χ1v) is 20.2. The van der Waals surface area contributed by atoms with E-state index < -0.39 is 54.6 Å². The van der Waals surface area contributed by atoms with E-state index >= 15 is 0 Å². The van der Waals surface area contributed by atoms with E-state index in [0.29, 0.717) is 18.4 Å². The number of carbonyl (C=O) groups excluding carboxylic acids is 5. The van der Waals surface area contributed by atoms with Gasteiger partial charge >= 0.3 is 18.0 Å². The predicted octanol–water partition coefficient (Wildman–Crippen LogP) is 6.16. The zero-order chi connectivity index (χ0) is 42.4. The number of aliphatic hydroxyl groups is 1. The van der Waals surface area contributed by atoms with Crippen LogP contribution < -0.4 is 10.6 Å². The van der Waals surface area contributed by atoms with Crippen LogP contribution in [0.4, 0.5) is 4.79 Å². The SMILES string of the molecule is C=CCCC(NC(=O)OCC1c2ccccc2-c2ccccc21)C(=O)OCC(NC(=O)C(CC=C)CC(=O)N1Cc2ccccc2CC1CO)C(=O)OCc1ccccc1. The van der Waals surface area contributed by atoms with Crippen LogP contribution in [0.25, 0.3) is 11.1 Å². The Morgan fingerprint density at radius 2 is 1.38 bits per heavy atom. The summed E-state index contributed by atoms with van der Waals surface area (Å²) in [6, 6.07) is 29.4. The number of carbonyl (C=O) groups is 5. The van der Waals surface area contributed by atoms with E-state index in [2.05, 4.69) is 23.8 Å². The van der Waals surface area contributed by atoms with Gasteiger partial charge in [-0.05, 0) is 64.6 Å². The minimum absolute atomic E-state index is 0.0323. The fourth-order valence-corrected chi connectivity index (χ4v) is 7.72. The lowest BCUT2D eigenvalue weighted by Gasteiger charge is -2.36. The van der Waals surface area contributed by atoms with Crippen LogP contribution in [0.3, 0.4) is 0 Å². The summed E-state index contributed by atoms with van der Waals surface area (Å²) >= 11 is 0. The molecular formula is C48H51N3O9. The normalized spacial score (nSPS) is 15.5. The van der Waals surface area contributed by atoms with Gasteiger partial charge in [-0.2, -0.15) is 0 Å². The third kappa shape index (κ3) is 10.7. The van der Waals surface area contributed by atoms with Gasteiger partial charge in [-0.15, -0.1) is 13.2 Å². The van der Waals surface area contributed by atoms with Crippen molar-refractivity contribution in [2.75, 3.05) is 19.8 Å². The van der Waals surface area contributed by atoms with Crippen molar-refractivity contribution < 1.29 is 43.3 Å². The predicted molar refractivity (Wildman–Crippen MR) is 225 cm³/mol. The lowest BCUT2D eigenvalue weighted by Crippen LogP contribution is -2.50. The molecule has 0 bridgehead atoms. The Balaban J connectivity index is 1.11. The number of hydrogen-bond acceptors (Lipinski definition) is 9.